The number of thioether (sulfide) groups is 1. The number of benzene rings is 3. The Kier molecular flexibility index (Phi) is 6.43. The van der Waals surface area contributed by atoms with Crippen molar-refractivity contribution in [2.24, 2.45) is 4.99 Å². The second-order valence-electron chi connectivity index (χ2n) is 8.27. The molecule has 0 atom stereocenters. The first-order chi connectivity index (χ1) is 17.4. The van der Waals surface area contributed by atoms with Crippen molar-refractivity contribution in [3.05, 3.63) is 106 Å². The lowest BCUT2D eigenvalue weighted by Crippen LogP contribution is -2.28. The van der Waals surface area contributed by atoms with Gasteiger partial charge in [0, 0.05) is 35.8 Å². The van der Waals surface area contributed by atoms with Crippen molar-refractivity contribution in [3.8, 4) is 0 Å². The van der Waals surface area contributed by atoms with E-state index in [9.17, 15) is 19.1 Å². The van der Waals surface area contributed by atoms with Crippen LogP contribution in [0.15, 0.2) is 88.9 Å². The Bertz CT molecular complexity index is 1540. The van der Waals surface area contributed by atoms with Crippen LogP contribution < -0.4 is 0 Å². The number of hydrogen-bond donors (Lipinski definition) is 1. The lowest BCUT2D eigenvalue weighted by Gasteiger charge is -2.11. The SMILES string of the molecule is CCN1C(=O)/C(=C\c2cn(Cc3cccc(C(=O)O)c3)c3ccccc23)SC1=Nc1ccc(F)cc1. The number of fused-ring (bicyclic) bond motifs is 1. The summed E-state index contributed by atoms with van der Waals surface area (Å²) >= 11 is 1.29. The number of rotatable bonds is 6. The highest BCUT2D eigenvalue weighted by Crippen LogP contribution is 2.35. The standard InChI is InChI=1S/C28H22FN3O3S/c1-2-32-26(33)25(36-28(32)30-22-12-10-21(29)11-13-22)15-20-17-31(24-9-4-3-8-23(20)24)16-18-6-5-7-19(14-18)27(34)35/h3-15,17H,2,16H2,1H3,(H,34,35)/b25-15+,30-28?. The number of likely N-dealkylation sites (N-methyl/N-ethyl adjacent to an activating group) is 1. The Morgan fingerprint density at radius 3 is 2.61 bits per heavy atom. The van der Waals surface area contributed by atoms with Crippen LogP contribution in [-0.4, -0.2) is 38.2 Å². The predicted molar refractivity (Wildman–Crippen MR) is 141 cm³/mol. The number of carboxylic acid groups (broad SMARTS) is 1. The van der Waals surface area contributed by atoms with E-state index in [1.54, 1.807) is 35.2 Å². The number of carbonyl (C=O) groups excluding carboxylic acids is 1. The molecule has 0 saturated carbocycles. The highest BCUT2D eigenvalue weighted by Gasteiger charge is 2.32. The van der Waals surface area contributed by atoms with Crippen LogP contribution in [0.5, 0.6) is 0 Å². The van der Waals surface area contributed by atoms with E-state index in [1.165, 1.54) is 23.9 Å². The molecule has 4 aromatic rings. The number of amidine groups is 1. The highest BCUT2D eigenvalue weighted by atomic mass is 32.2. The fourth-order valence-electron chi connectivity index (χ4n) is 4.16. The van der Waals surface area contributed by atoms with Crippen LogP contribution in [0.1, 0.15) is 28.4 Å². The van der Waals surface area contributed by atoms with Crippen LogP contribution in [0.3, 0.4) is 0 Å². The molecule has 0 aliphatic carbocycles. The van der Waals surface area contributed by atoms with Gasteiger partial charge in [0.25, 0.3) is 5.91 Å². The van der Waals surface area contributed by atoms with Gasteiger partial charge in [0.15, 0.2) is 5.17 Å². The summed E-state index contributed by atoms with van der Waals surface area (Å²) in [5.74, 6) is -1.43. The van der Waals surface area contributed by atoms with E-state index in [-0.39, 0.29) is 17.3 Å². The van der Waals surface area contributed by atoms with Gasteiger partial charge in [-0.15, -0.1) is 0 Å². The van der Waals surface area contributed by atoms with Gasteiger partial charge in [0.2, 0.25) is 0 Å². The summed E-state index contributed by atoms with van der Waals surface area (Å²) in [6.07, 6.45) is 3.85. The molecule has 3 aromatic carbocycles. The smallest absolute Gasteiger partial charge is 0.335 e. The van der Waals surface area contributed by atoms with E-state index in [0.717, 1.165) is 22.0 Å². The first-order valence-corrected chi connectivity index (χ1v) is 12.2. The Balaban J connectivity index is 1.50. The first kappa shape index (κ1) is 23.6. The van der Waals surface area contributed by atoms with Crippen LogP contribution in [0.2, 0.25) is 0 Å². The third-order valence-electron chi connectivity index (χ3n) is 5.89. The van der Waals surface area contributed by atoms with Gasteiger partial charge in [-0.2, -0.15) is 0 Å². The van der Waals surface area contributed by atoms with E-state index >= 15 is 0 Å². The topological polar surface area (TPSA) is 74.9 Å². The molecule has 1 fully saturated rings. The maximum atomic E-state index is 13.3. The van der Waals surface area contributed by atoms with Crippen LogP contribution >= 0.6 is 11.8 Å². The van der Waals surface area contributed by atoms with Crippen LogP contribution in [0, 0.1) is 5.82 Å². The molecule has 0 unspecified atom stereocenters. The van der Waals surface area contributed by atoms with Gasteiger partial charge >= 0.3 is 5.97 Å². The lowest BCUT2D eigenvalue weighted by molar-refractivity contribution is -0.122. The van der Waals surface area contributed by atoms with Crippen molar-refractivity contribution in [2.75, 3.05) is 6.54 Å². The van der Waals surface area contributed by atoms with Crippen LogP contribution in [0.4, 0.5) is 10.1 Å². The zero-order valence-corrected chi connectivity index (χ0v) is 20.2. The quantitative estimate of drug-likeness (QED) is 0.323. The molecule has 0 spiro atoms. The molecule has 1 amide bonds. The van der Waals surface area contributed by atoms with Gasteiger partial charge in [-0.3, -0.25) is 9.69 Å². The van der Waals surface area contributed by atoms with Gasteiger partial charge < -0.3 is 9.67 Å². The maximum Gasteiger partial charge on any atom is 0.335 e. The highest BCUT2D eigenvalue weighted by molar-refractivity contribution is 8.18. The number of para-hydroxylation sites is 1. The molecule has 1 N–H and O–H groups in total. The van der Waals surface area contributed by atoms with Gasteiger partial charge in [0.05, 0.1) is 16.2 Å². The van der Waals surface area contributed by atoms with Gasteiger partial charge in [-0.25, -0.2) is 14.2 Å². The Morgan fingerprint density at radius 1 is 1.08 bits per heavy atom. The largest absolute Gasteiger partial charge is 0.478 e. The number of hydrogen-bond acceptors (Lipinski definition) is 4. The molecule has 8 heteroatoms. The molecule has 1 aliphatic rings. The number of aromatic carboxylic acids is 1. The molecule has 2 heterocycles. The number of nitrogens with zero attached hydrogens (tertiary/aromatic N) is 3. The minimum atomic E-state index is -0.963. The molecule has 180 valence electrons. The monoisotopic (exact) mass is 499 g/mol. The van der Waals surface area contributed by atoms with Crippen molar-refractivity contribution in [1.82, 2.24) is 9.47 Å². The molecule has 0 bridgehead atoms. The summed E-state index contributed by atoms with van der Waals surface area (Å²) in [6, 6.07) is 20.6. The van der Waals surface area contributed by atoms with Crippen molar-refractivity contribution in [1.29, 1.82) is 0 Å². The second kappa shape index (κ2) is 9.83. The minimum absolute atomic E-state index is 0.130. The van der Waals surface area contributed by atoms with Crippen molar-refractivity contribution in [2.45, 2.75) is 13.5 Å². The third-order valence-corrected chi connectivity index (χ3v) is 6.90. The molecule has 36 heavy (non-hydrogen) atoms. The summed E-state index contributed by atoms with van der Waals surface area (Å²) in [6.45, 7) is 2.84. The van der Waals surface area contributed by atoms with E-state index in [1.807, 2.05) is 49.5 Å². The summed E-state index contributed by atoms with van der Waals surface area (Å²) in [4.78, 5) is 31.3. The Hall–Kier alpha value is -4.17. The Morgan fingerprint density at radius 2 is 1.86 bits per heavy atom. The molecule has 1 aromatic heterocycles. The van der Waals surface area contributed by atoms with E-state index < -0.39 is 5.97 Å². The van der Waals surface area contributed by atoms with Crippen molar-refractivity contribution >= 4 is 51.5 Å². The van der Waals surface area contributed by atoms with Crippen LogP contribution in [-0.2, 0) is 11.3 Å². The predicted octanol–water partition coefficient (Wildman–Crippen LogP) is 6.15. The van der Waals surface area contributed by atoms with E-state index in [2.05, 4.69) is 9.56 Å². The summed E-state index contributed by atoms with van der Waals surface area (Å²) < 4.78 is 15.3. The number of carbonyl (C=O) groups is 2. The fraction of sp³-hybridized carbons (Fsp3) is 0.107. The number of aromatic nitrogens is 1. The molecule has 5 rings (SSSR count). The van der Waals surface area contributed by atoms with Gasteiger partial charge in [0.1, 0.15) is 5.82 Å². The summed E-state index contributed by atoms with van der Waals surface area (Å²) in [5.41, 5.74) is 3.55. The molecule has 6 nitrogen and oxygen atoms in total. The molecule has 1 saturated heterocycles. The normalized spacial score (nSPS) is 15.9. The molecular formula is C28H22FN3O3S. The fourth-order valence-corrected chi connectivity index (χ4v) is 5.21. The molecule has 1 aliphatic heterocycles. The summed E-state index contributed by atoms with van der Waals surface area (Å²) in [5, 5.41) is 10.9. The summed E-state index contributed by atoms with van der Waals surface area (Å²) in [7, 11) is 0. The van der Waals surface area contributed by atoms with Crippen LogP contribution in [0.25, 0.3) is 17.0 Å². The van der Waals surface area contributed by atoms with Gasteiger partial charge in [-0.1, -0.05) is 30.3 Å². The van der Waals surface area contributed by atoms with Crippen molar-refractivity contribution < 1.29 is 19.1 Å². The number of carboxylic acids is 1. The second-order valence-corrected chi connectivity index (χ2v) is 9.27. The third kappa shape index (κ3) is 4.67. The van der Waals surface area contributed by atoms with Crippen molar-refractivity contribution in [3.63, 3.8) is 0 Å². The maximum absolute atomic E-state index is 13.3. The first-order valence-electron chi connectivity index (χ1n) is 11.4. The average Bonchev–Trinajstić information content (AvgIpc) is 3.37. The zero-order chi connectivity index (χ0) is 25.2. The molecular weight excluding hydrogens is 477 g/mol. The van der Waals surface area contributed by atoms with Gasteiger partial charge in [-0.05, 0) is 72.8 Å². The number of amides is 1. The van der Waals surface area contributed by atoms with E-state index in [4.69, 9.17) is 0 Å². The minimum Gasteiger partial charge on any atom is -0.478 e. The number of halogens is 1. The Labute approximate surface area is 211 Å². The lowest BCUT2D eigenvalue weighted by atomic mass is 10.1. The zero-order valence-electron chi connectivity index (χ0n) is 19.4. The average molecular weight is 500 g/mol. The molecule has 0 radical (unpaired) electrons. The number of aliphatic imine (C=N–C) groups is 1. The van der Waals surface area contributed by atoms with E-state index in [0.29, 0.717) is 28.8 Å².